The number of nitrogens with zero attached hydrogens (tertiary/aromatic N) is 1. The number of halogens is 1. The highest BCUT2D eigenvalue weighted by Crippen LogP contribution is 2.38. The normalized spacial score (nSPS) is 13.9. The summed E-state index contributed by atoms with van der Waals surface area (Å²) < 4.78 is 10.5. The van der Waals surface area contributed by atoms with Gasteiger partial charge < -0.3 is 14.4 Å². The Hall–Kier alpha value is -1.85. The Morgan fingerprint density at radius 2 is 2.00 bits per heavy atom. The van der Waals surface area contributed by atoms with Crippen LogP contribution in [0.25, 0.3) is 0 Å². The van der Waals surface area contributed by atoms with Gasteiger partial charge in [-0.15, -0.1) is 11.8 Å². The smallest absolute Gasteiger partial charge is 0.258 e. The molecule has 0 saturated heterocycles. The zero-order valence-electron chi connectivity index (χ0n) is 13.5. The minimum Gasteiger partial charge on any atom is -0.493 e. The van der Waals surface area contributed by atoms with E-state index >= 15 is 0 Å². The SMILES string of the molecule is COc1cc(C(=O)N2CCCSc3ccccc32)cc(Cl)c1OC. The van der Waals surface area contributed by atoms with Gasteiger partial charge in [-0.25, -0.2) is 0 Å². The number of anilines is 1. The lowest BCUT2D eigenvalue weighted by Gasteiger charge is -2.23. The molecule has 2 aromatic carbocycles. The van der Waals surface area contributed by atoms with E-state index in [-0.39, 0.29) is 5.91 Å². The lowest BCUT2D eigenvalue weighted by Crippen LogP contribution is -2.31. The van der Waals surface area contributed by atoms with Gasteiger partial charge in [-0.3, -0.25) is 4.79 Å². The summed E-state index contributed by atoms with van der Waals surface area (Å²) in [7, 11) is 3.05. The van der Waals surface area contributed by atoms with Gasteiger partial charge in [0, 0.05) is 17.0 Å². The Kier molecular flexibility index (Phi) is 5.21. The molecule has 0 atom stereocenters. The van der Waals surface area contributed by atoms with E-state index in [0.717, 1.165) is 22.8 Å². The van der Waals surface area contributed by atoms with Gasteiger partial charge in [0.1, 0.15) is 0 Å². The molecule has 0 fully saturated rings. The summed E-state index contributed by atoms with van der Waals surface area (Å²) >= 11 is 8.03. The topological polar surface area (TPSA) is 38.8 Å². The zero-order valence-corrected chi connectivity index (χ0v) is 15.1. The van der Waals surface area contributed by atoms with Crippen LogP contribution in [0.3, 0.4) is 0 Å². The number of benzene rings is 2. The molecule has 0 bridgehead atoms. The number of para-hydroxylation sites is 1. The van der Waals surface area contributed by atoms with Crippen molar-refractivity contribution in [3.63, 3.8) is 0 Å². The molecule has 1 aliphatic heterocycles. The van der Waals surface area contributed by atoms with Gasteiger partial charge in [0.05, 0.1) is 24.9 Å². The molecule has 6 heteroatoms. The average Bonchev–Trinajstić information content (AvgIpc) is 2.82. The molecule has 126 valence electrons. The molecular formula is C18H18ClNO3S. The standard InChI is InChI=1S/C18H18ClNO3S/c1-22-15-11-12(10-13(19)17(15)23-2)18(21)20-8-5-9-24-16-7-4-3-6-14(16)20/h3-4,6-7,10-11H,5,8-9H2,1-2H3. The largest absolute Gasteiger partial charge is 0.493 e. The van der Waals surface area contributed by atoms with E-state index in [1.807, 2.05) is 29.2 Å². The number of carbonyl (C=O) groups is 1. The first-order valence-electron chi connectivity index (χ1n) is 7.61. The summed E-state index contributed by atoms with van der Waals surface area (Å²) in [6.07, 6.45) is 0.937. The van der Waals surface area contributed by atoms with Gasteiger partial charge in [-0.1, -0.05) is 23.7 Å². The van der Waals surface area contributed by atoms with E-state index in [1.165, 1.54) is 14.2 Å². The molecule has 0 spiro atoms. The highest BCUT2D eigenvalue weighted by atomic mass is 35.5. The Labute approximate surface area is 150 Å². The van der Waals surface area contributed by atoms with Gasteiger partial charge in [0.25, 0.3) is 5.91 Å². The minimum absolute atomic E-state index is 0.0900. The number of thioether (sulfide) groups is 1. The maximum Gasteiger partial charge on any atom is 0.258 e. The monoisotopic (exact) mass is 363 g/mol. The van der Waals surface area contributed by atoms with E-state index in [2.05, 4.69) is 0 Å². The number of ether oxygens (including phenoxy) is 2. The molecule has 2 aromatic rings. The molecule has 24 heavy (non-hydrogen) atoms. The summed E-state index contributed by atoms with van der Waals surface area (Å²) in [6, 6.07) is 11.3. The van der Waals surface area contributed by atoms with Crippen molar-refractivity contribution < 1.29 is 14.3 Å². The quantitative estimate of drug-likeness (QED) is 0.804. The molecule has 3 rings (SSSR count). The van der Waals surface area contributed by atoms with Gasteiger partial charge in [0.2, 0.25) is 0 Å². The maximum absolute atomic E-state index is 13.1. The van der Waals surface area contributed by atoms with Crippen LogP contribution in [0.15, 0.2) is 41.3 Å². The van der Waals surface area contributed by atoms with E-state index in [1.54, 1.807) is 23.9 Å². The van der Waals surface area contributed by atoms with Gasteiger partial charge in [0.15, 0.2) is 11.5 Å². The van der Waals surface area contributed by atoms with Crippen LogP contribution < -0.4 is 14.4 Å². The van der Waals surface area contributed by atoms with Crippen molar-refractivity contribution in [2.75, 3.05) is 31.4 Å². The highest BCUT2D eigenvalue weighted by Gasteiger charge is 2.24. The third kappa shape index (κ3) is 3.19. The molecule has 0 aromatic heterocycles. The molecule has 0 unspecified atom stereocenters. The summed E-state index contributed by atoms with van der Waals surface area (Å²) in [4.78, 5) is 16.0. The minimum atomic E-state index is -0.0900. The highest BCUT2D eigenvalue weighted by molar-refractivity contribution is 7.99. The van der Waals surface area contributed by atoms with E-state index in [9.17, 15) is 4.79 Å². The number of rotatable bonds is 3. The fraction of sp³-hybridized carbons (Fsp3) is 0.278. The Bertz CT molecular complexity index is 766. The van der Waals surface area contributed by atoms with Crippen LogP contribution in [0.1, 0.15) is 16.8 Å². The fourth-order valence-corrected chi connectivity index (χ4v) is 4.02. The molecule has 0 radical (unpaired) electrons. The van der Waals surface area contributed by atoms with Crippen LogP contribution in [0.5, 0.6) is 11.5 Å². The van der Waals surface area contributed by atoms with Crippen LogP contribution in [0.2, 0.25) is 5.02 Å². The number of hydrogen-bond acceptors (Lipinski definition) is 4. The fourth-order valence-electron chi connectivity index (χ4n) is 2.74. The average molecular weight is 364 g/mol. The number of fused-ring (bicyclic) bond motifs is 1. The first kappa shape index (κ1) is 17.0. The second-order valence-corrected chi connectivity index (χ2v) is 6.86. The van der Waals surface area contributed by atoms with Crippen LogP contribution in [-0.4, -0.2) is 32.4 Å². The van der Waals surface area contributed by atoms with Crippen molar-refractivity contribution >= 4 is 35.0 Å². The third-order valence-electron chi connectivity index (χ3n) is 3.87. The summed E-state index contributed by atoms with van der Waals surface area (Å²) in [5, 5.41) is 0.359. The number of hydrogen-bond donors (Lipinski definition) is 0. The van der Waals surface area contributed by atoms with Crippen molar-refractivity contribution in [3.05, 3.63) is 47.0 Å². The van der Waals surface area contributed by atoms with Crippen LogP contribution in [-0.2, 0) is 0 Å². The van der Waals surface area contributed by atoms with Crippen molar-refractivity contribution in [1.29, 1.82) is 0 Å². The number of carbonyl (C=O) groups excluding carboxylic acids is 1. The van der Waals surface area contributed by atoms with E-state index in [4.69, 9.17) is 21.1 Å². The van der Waals surface area contributed by atoms with Crippen LogP contribution >= 0.6 is 23.4 Å². The van der Waals surface area contributed by atoms with Crippen molar-refractivity contribution in [2.45, 2.75) is 11.3 Å². The predicted molar refractivity (Wildman–Crippen MR) is 98.0 cm³/mol. The van der Waals surface area contributed by atoms with Gasteiger partial charge >= 0.3 is 0 Å². The van der Waals surface area contributed by atoms with Crippen LogP contribution in [0, 0.1) is 0 Å². The summed E-state index contributed by atoms with van der Waals surface area (Å²) in [5.74, 6) is 1.79. The Balaban J connectivity index is 2.02. The summed E-state index contributed by atoms with van der Waals surface area (Å²) in [5.41, 5.74) is 1.43. The van der Waals surface area contributed by atoms with Crippen molar-refractivity contribution in [1.82, 2.24) is 0 Å². The van der Waals surface area contributed by atoms with Crippen molar-refractivity contribution in [3.8, 4) is 11.5 Å². The van der Waals surface area contributed by atoms with E-state index in [0.29, 0.717) is 28.6 Å². The molecule has 0 N–H and O–H groups in total. The number of amides is 1. The summed E-state index contributed by atoms with van der Waals surface area (Å²) in [6.45, 7) is 0.675. The molecule has 1 heterocycles. The third-order valence-corrected chi connectivity index (χ3v) is 5.30. The molecule has 0 saturated carbocycles. The molecule has 1 amide bonds. The predicted octanol–water partition coefficient (Wildman–Crippen LogP) is 4.50. The second-order valence-electron chi connectivity index (χ2n) is 5.32. The van der Waals surface area contributed by atoms with E-state index < -0.39 is 0 Å². The van der Waals surface area contributed by atoms with Crippen LogP contribution in [0.4, 0.5) is 5.69 Å². The molecular weight excluding hydrogens is 346 g/mol. The Morgan fingerprint density at radius 3 is 2.75 bits per heavy atom. The number of methoxy groups -OCH3 is 2. The first-order chi connectivity index (χ1) is 11.7. The Morgan fingerprint density at radius 1 is 1.21 bits per heavy atom. The second kappa shape index (κ2) is 7.36. The lowest BCUT2D eigenvalue weighted by molar-refractivity contribution is 0.0986. The first-order valence-corrected chi connectivity index (χ1v) is 8.97. The van der Waals surface area contributed by atoms with Crippen molar-refractivity contribution in [2.24, 2.45) is 0 Å². The van der Waals surface area contributed by atoms with Gasteiger partial charge in [-0.05, 0) is 36.4 Å². The molecule has 1 aliphatic rings. The zero-order chi connectivity index (χ0) is 17.1. The molecule has 0 aliphatic carbocycles. The molecule has 4 nitrogen and oxygen atoms in total. The van der Waals surface area contributed by atoms with Gasteiger partial charge in [-0.2, -0.15) is 0 Å². The lowest BCUT2D eigenvalue weighted by atomic mass is 10.1. The maximum atomic E-state index is 13.1.